The summed E-state index contributed by atoms with van der Waals surface area (Å²) in [7, 11) is 1.00. The lowest BCUT2D eigenvalue weighted by Crippen LogP contribution is -2.39. The van der Waals surface area contributed by atoms with Crippen molar-refractivity contribution in [3.63, 3.8) is 0 Å². The van der Waals surface area contributed by atoms with Crippen LogP contribution >= 0.6 is 0 Å². The lowest BCUT2D eigenvalue weighted by molar-refractivity contribution is -0.254. The second-order valence-electron chi connectivity index (χ2n) is 8.01. The normalized spacial score (nSPS) is 17.8. The van der Waals surface area contributed by atoms with Crippen LogP contribution in [0.3, 0.4) is 0 Å². The molecular formula is C25H32N3O+. The van der Waals surface area contributed by atoms with Crippen LogP contribution in [0.4, 0.5) is 5.69 Å². The molecule has 2 aromatic carbocycles. The van der Waals surface area contributed by atoms with E-state index in [2.05, 4.69) is 76.0 Å². The molecule has 0 spiro atoms. The number of aromatic nitrogens is 1. The zero-order valence-corrected chi connectivity index (χ0v) is 17.3. The SMILES string of the molecule is CO.[NH3+]c1ccc(-n2cc(C3=CCN(C4CCCC4)CC3)c3ccccc32)cc1. The minimum atomic E-state index is 0.824. The average molecular weight is 391 g/mol. The smallest absolute Gasteiger partial charge is 0.128 e. The largest absolute Gasteiger partial charge is 0.400 e. The van der Waals surface area contributed by atoms with Gasteiger partial charge in [0.05, 0.1) is 5.52 Å². The highest BCUT2D eigenvalue weighted by molar-refractivity contribution is 5.94. The Hall–Kier alpha value is -2.40. The van der Waals surface area contributed by atoms with Gasteiger partial charge in [-0.05, 0) is 43.0 Å². The maximum atomic E-state index is 7.00. The maximum absolute atomic E-state index is 7.00. The van der Waals surface area contributed by atoms with Crippen molar-refractivity contribution in [3.8, 4) is 5.69 Å². The van der Waals surface area contributed by atoms with Crippen LogP contribution in [-0.4, -0.2) is 40.8 Å². The lowest BCUT2D eigenvalue weighted by Gasteiger charge is -2.31. The van der Waals surface area contributed by atoms with Crippen LogP contribution in [0.2, 0.25) is 0 Å². The molecule has 0 bridgehead atoms. The Balaban J connectivity index is 0.000000994. The first-order chi connectivity index (χ1) is 14.3. The molecule has 4 heteroatoms. The number of nitrogens with zero attached hydrogens (tertiary/aromatic N) is 2. The van der Waals surface area contributed by atoms with E-state index in [9.17, 15) is 0 Å². The van der Waals surface area contributed by atoms with Gasteiger partial charge in [0.1, 0.15) is 5.69 Å². The van der Waals surface area contributed by atoms with Crippen molar-refractivity contribution in [1.82, 2.24) is 9.47 Å². The Morgan fingerprint density at radius 2 is 1.69 bits per heavy atom. The molecule has 152 valence electrons. The number of benzene rings is 2. The number of aliphatic hydroxyl groups excluding tert-OH is 1. The second-order valence-corrected chi connectivity index (χ2v) is 8.01. The van der Waals surface area contributed by atoms with Gasteiger partial charge < -0.3 is 15.4 Å². The van der Waals surface area contributed by atoms with Crippen molar-refractivity contribution in [1.29, 1.82) is 0 Å². The van der Waals surface area contributed by atoms with Crippen LogP contribution in [-0.2, 0) is 0 Å². The molecule has 2 aliphatic rings. The first-order valence-corrected chi connectivity index (χ1v) is 10.7. The third kappa shape index (κ3) is 4.01. The van der Waals surface area contributed by atoms with Gasteiger partial charge in [-0.3, -0.25) is 4.90 Å². The number of fused-ring (bicyclic) bond motifs is 1. The molecular weight excluding hydrogens is 358 g/mol. The molecule has 29 heavy (non-hydrogen) atoms. The summed E-state index contributed by atoms with van der Waals surface area (Å²) in [5.74, 6) is 0. The fourth-order valence-electron chi connectivity index (χ4n) is 4.84. The van der Waals surface area contributed by atoms with Crippen LogP contribution < -0.4 is 5.73 Å². The van der Waals surface area contributed by atoms with E-state index >= 15 is 0 Å². The Bertz CT molecular complexity index is 981. The van der Waals surface area contributed by atoms with Gasteiger partial charge in [-0.1, -0.05) is 37.1 Å². The van der Waals surface area contributed by atoms with Crippen molar-refractivity contribution in [3.05, 3.63) is 66.4 Å². The van der Waals surface area contributed by atoms with E-state index in [1.54, 1.807) is 0 Å². The summed E-state index contributed by atoms with van der Waals surface area (Å²) in [6, 6.07) is 18.1. The summed E-state index contributed by atoms with van der Waals surface area (Å²) in [5, 5.41) is 8.36. The minimum absolute atomic E-state index is 0.824. The van der Waals surface area contributed by atoms with Crippen molar-refractivity contribution >= 4 is 22.2 Å². The quantitative estimate of drug-likeness (QED) is 0.706. The molecule has 0 amide bonds. The fraction of sp³-hybridized carbons (Fsp3) is 0.360. The van der Waals surface area contributed by atoms with Gasteiger partial charge in [0.2, 0.25) is 0 Å². The number of hydrogen-bond donors (Lipinski definition) is 2. The van der Waals surface area contributed by atoms with Gasteiger partial charge in [0.15, 0.2) is 0 Å². The first-order valence-electron chi connectivity index (χ1n) is 10.7. The van der Waals surface area contributed by atoms with Gasteiger partial charge in [0, 0.05) is 61.2 Å². The van der Waals surface area contributed by atoms with Gasteiger partial charge >= 0.3 is 0 Å². The Labute approximate surface area is 173 Å². The number of quaternary nitrogens is 1. The maximum Gasteiger partial charge on any atom is 0.128 e. The summed E-state index contributed by atoms with van der Waals surface area (Å²) in [6.45, 7) is 2.31. The molecule has 3 aromatic rings. The van der Waals surface area contributed by atoms with E-state index in [1.165, 1.54) is 60.0 Å². The van der Waals surface area contributed by atoms with Crippen molar-refractivity contribution in [2.45, 2.75) is 38.1 Å². The van der Waals surface area contributed by atoms with E-state index in [1.807, 2.05) is 0 Å². The van der Waals surface area contributed by atoms with E-state index in [-0.39, 0.29) is 0 Å². The molecule has 4 nitrogen and oxygen atoms in total. The molecule has 2 heterocycles. The highest BCUT2D eigenvalue weighted by atomic mass is 16.2. The van der Waals surface area contributed by atoms with Crippen molar-refractivity contribution in [2.24, 2.45) is 0 Å². The van der Waals surface area contributed by atoms with Crippen LogP contribution in [0.5, 0.6) is 0 Å². The van der Waals surface area contributed by atoms with E-state index in [0.717, 1.165) is 31.8 Å². The van der Waals surface area contributed by atoms with Gasteiger partial charge in [-0.15, -0.1) is 0 Å². The Kier molecular flexibility index (Phi) is 6.14. The summed E-state index contributed by atoms with van der Waals surface area (Å²) in [4.78, 5) is 2.70. The molecule has 0 unspecified atom stereocenters. The standard InChI is InChI=1S/C24H27N3.CH4O/c25-19-9-11-21(12-10-19)27-17-23(22-7-3-4-8-24(22)27)18-13-15-26(16-14-18)20-5-1-2-6-20;1-2/h3-4,7-13,17,20H,1-2,5-6,14-16,25H2;2H,1H3/p+1. The van der Waals surface area contributed by atoms with Crippen LogP contribution in [0.15, 0.2) is 60.8 Å². The lowest BCUT2D eigenvalue weighted by atomic mass is 9.98. The molecule has 0 saturated heterocycles. The van der Waals surface area contributed by atoms with Gasteiger partial charge in [-0.25, -0.2) is 0 Å². The molecule has 1 fully saturated rings. The van der Waals surface area contributed by atoms with Crippen LogP contribution in [0.25, 0.3) is 22.2 Å². The zero-order chi connectivity index (χ0) is 20.2. The third-order valence-corrected chi connectivity index (χ3v) is 6.35. The van der Waals surface area contributed by atoms with E-state index in [4.69, 9.17) is 5.11 Å². The fourth-order valence-corrected chi connectivity index (χ4v) is 4.84. The first kappa shape index (κ1) is 19.9. The predicted molar refractivity (Wildman–Crippen MR) is 120 cm³/mol. The van der Waals surface area contributed by atoms with Gasteiger partial charge in [0.25, 0.3) is 0 Å². The molecule has 5 rings (SSSR count). The van der Waals surface area contributed by atoms with Gasteiger partial charge in [-0.2, -0.15) is 0 Å². The highest BCUT2D eigenvalue weighted by Gasteiger charge is 2.25. The van der Waals surface area contributed by atoms with Crippen molar-refractivity contribution < 1.29 is 10.8 Å². The monoisotopic (exact) mass is 390 g/mol. The summed E-state index contributed by atoms with van der Waals surface area (Å²) in [6.07, 6.45) is 11.6. The highest BCUT2D eigenvalue weighted by Crippen LogP contribution is 2.34. The summed E-state index contributed by atoms with van der Waals surface area (Å²) >= 11 is 0. The molecule has 1 aromatic heterocycles. The Morgan fingerprint density at radius 1 is 0.966 bits per heavy atom. The molecule has 0 atom stereocenters. The summed E-state index contributed by atoms with van der Waals surface area (Å²) in [5.41, 5.74) is 10.5. The zero-order valence-electron chi connectivity index (χ0n) is 17.3. The Morgan fingerprint density at radius 3 is 2.38 bits per heavy atom. The molecule has 1 saturated carbocycles. The average Bonchev–Trinajstić information content (AvgIpc) is 3.45. The van der Waals surface area contributed by atoms with E-state index in [0.29, 0.717) is 0 Å². The number of aliphatic hydroxyl groups is 1. The molecule has 1 aliphatic carbocycles. The van der Waals surface area contributed by atoms with Crippen LogP contribution in [0.1, 0.15) is 37.7 Å². The number of para-hydroxylation sites is 1. The molecule has 1 aliphatic heterocycles. The van der Waals surface area contributed by atoms with Crippen molar-refractivity contribution in [2.75, 3.05) is 20.2 Å². The number of hydrogen-bond acceptors (Lipinski definition) is 2. The predicted octanol–water partition coefficient (Wildman–Crippen LogP) is 4.14. The van der Waals surface area contributed by atoms with E-state index < -0.39 is 0 Å². The second kappa shape index (κ2) is 8.95. The number of rotatable bonds is 3. The molecule has 4 N–H and O–H groups in total. The molecule has 0 radical (unpaired) electrons. The summed E-state index contributed by atoms with van der Waals surface area (Å²) < 4.78 is 2.33. The third-order valence-electron chi connectivity index (χ3n) is 6.35. The van der Waals surface area contributed by atoms with Crippen LogP contribution in [0, 0.1) is 0 Å². The topological polar surface area (TPSA) is 56.0 Å². The minimum Gasteiger partial charge on any atom is -0.400 e.